The Balaban J connectivity index is 1.84. The van der Waals surface area contributed by atoms with Gasteiger partial charge in [-0.1, -0.05) is 12.1 Å². The summed E-state index contributed by atoms with van der Waals surface area (Å²) in [6.07, 6.45) is 7.19. The third-order valence-electron chi connectivity index (χ3n) is 3.23. The molecule has 2 aromatic rings. The van der Waals surface area contributed by atoms with Crippen molar-refractivity contribution in [3.8, 4) is 16.9 Å². The Morgan fingerprint density at radius 3 is 3.00 bits per heavy atom. The van der Waals surface area contributed by atoms with E-state index in [4.69, 9.17) is 4.74 Å². The molecule has 2 heterocycles. The van der Waals surface area contributed by atoms with Crippen molar-refractivity contribution in [2.75, 3.05) is 6.61 Å². The Labute approximate surface area is 106 Å². The molecule has 1 aliphatic rings. The fourth-order valence-corrected chi connectivity index (χ4v) is 2.26. The van der Waals surface area contributed by atoms with Crippen molar-refractivity contribution < 1.29 is 9.84 Å². The van der Waals surface area contributed by atoms with E-state index in [0.717, 1.165) is 30.6 Å². The molecule has 0 spiro atoms. The van der Waals surface area contributed by atoms with Gasteiger partial charge in [-0.2, -0.15) is 5.10 Å². The third kappa shape index (κ3) is 2.24. The van der Waals surface area contributed by atoms with Crippen molar-refractivity contribution in [1.29, 1.82) is 0 Å². The Kier molecular flexibility index (Phi) is 3.02. The van der Waals surface area contributed by atoms with Crippen LogP contribution in [-0.2, 0) is 4.74 Å². The minimum atomic E-state index is 0.0600. The lowest BCUT2D eigenvalue weighted by molar-refractivity contribution is -0.0394. The smallest absolute Gasteiger partial charge is 0.150 e. The fraction of sp³-hybridized carbons (Fsp3) is 0.357. The number of aromatic hydroxyl groups is 1. The molecule has 4 nitrogen and oxygen atoms in total. The highest BCUT2D eigenvalue weighted by Gasteiger charge is 2.16. The van der Waals surface area contributed by atoms with E-state index in [1.54, 1.807) is 12.1 Å². The summed E-state index contributed by atoms with van der Waals surface area (Å²) in [4.78, 5) is 0. The van der Waals surface area contributed by atoms with Crippen LogP contribution in [0.1, 0.15) is 25.5 Å². The summed E-state index contributed by atoms with van der Waals surface area (Å²) in [5, 5.41) is 13.8. The molecule has 1 aromatic carbocycles. The minimum absolute atomic E-state index is 0.0600. The molecular weight excluding hydrogens is 228 g/mol. The SMILES string of the molecule is Oc1cccc(-c2cnn(C3CCCCO3)c2)c1. The molecule has 0 radical (unpaired) electrons. The van der Waals surface area contributed by atoms with Gasteiger partial charge in [-0.25, -0.2) is 4.68 Å². The van der Waals surface area contributed by atoms with Gasteiger partial charge in [0.25, 0.3) is 0 Å². The van der Waals surface area contributed by atoms with E-state index in [1.807, 2.05) is 29.2 Å². The topological polar surface area (TPSA) is 47.3 Å². The average Bonchev–Trinajstić information content (AvgIpc) is 2.89. The van der Waals surface area contributed by atoms with Gasteiger partial charge >= 0.3 is 0 Å². The van der Waals surface area contributed by atoms with E-state index in [2.05, 4.69) is 5.10 Å². The molecule has 0 amide bonds. The largest absolute Gasteiger partial charge is 0.508 e. The summed E-state index contributed by atoms with van der Waals surface area (Å²) in [5.41, 5.74) is 1.97. The number of aromatic nitrogens is 2. The van der Waals surface area contributed by atoms with Gasteiger partial charge in [-0.3, -0.25) is 0 Å². The van der Waals surface area contributed by atoms with Crippen molar-refractivity contribution in [2.45, 2.75) is 25.5 Å². The number of phenolic OH excluding ortho intramolecular Hbond substituents is 1. The van der Waals surface area contributed by atoms with Crippen molar-refractivity contribution >= 4 is 0 Å². The van der Waals surface area contributed by atoms with Crippen LogP contribution in [0.3, 0.4) is 0 Å². The lowest BCUT2D eigenvalue weighted by Gasteiger charge is -2.22. The second-order valence-corrected chi connectivity index (χ2v) is 4.58. The zero-order valence-electron chi connectivity index (χ0n) is 10.1. The fourth-order valence-electron chi connectivity index (χ4n) is 2.26. The maximum absolute atomic E-state index is 9.48. The van der Waals surface area contributed by atoms with E-state index in [0.29, 0.717) is 0 Å². The van der Waals surface area contributed by atoms with Crippen molar-refractivity contribution in [2.24, 2.45) is 0 Å². The summed E-state index contributed by atoms with van der Waals surface area (Å²) < 4.78 is 7.56. The molecule has 3 rings (SSSR count). The summed E-state index contributed by atoms with van der Waals surface area (Å²) in [7, 11) is 0. The van der Waals surface area contributed by atoms with Gasteiger partial charge in [0.15, 0.2) is 0 Å². The van der Waals surface area contributed by atoms with Gasteiger partial charge in [0.05, 0.1) is 6.20 Å². The van der Waals surface area contributed by atoms with Gasteiger partial charge < -0.3 is 9.84 Å². The summed E-state index contributed by atoms with van der Waals surface area (Å²) >= 11 is 0. The van der Waals surface area contributed by atoms with Gasteiger partial charge in [0.2, 0.25) is 0 Å². The van der Waals surface area contributed by atoms with E-state index in [1.165, 1.54) is 6.42 Å². The van der Waals surface area contributed by atoms with Crippen LogP contribution in [0.15, 0.2) is 36.7 Å². The molecule has 1 saturated heterocycles. The van der Waals surface area contributed by atoms with E-state index in [-0.39, 0.29) is 12.0 Å². The number of hydrogen-bond acceptors (Lipinski definition) is 3. The summed E-state index contributed by atoms with van der Waals surface area (Å²) in [6.45, 7) is 0.811. The van der Waals surface area contributed by atoms with Gasteiger partial charge in [-0.05, 0) is 37.0 Å². The molecule has 1 unspecified atom stereocenters. The molecule has 1 aromatic heterocycles. The van der Waals surface area contributed by atoms with Crippen molar-refractivity contribution in [1.82, 2.24) is 9.78 Å². The molecule has 0 saturated carbocycles. The molecule has 0 aliphatic carbocycles. The molecular formula is C14H16N2O2. The molecule has 1 N–H and O–H groups in total. The number of phenols is 1. The highest BCUT2D eigenvalue weighted by Crippen LogP contribution is 2.26. The molecule has 1 aliphatic heterocycles. The third-order valence-corrected chi connectivity index (χ3v) is 3.23. The average molecular weight is 244 g/mol. The highest BCUT2D eigenvalue weighted by atomic mass is 16.5. The zero-order chi connectivity index (χ0) is 12.4. The first kappa shape index (κ1) is 11.3. The lowest BCUT2D eigenvalue weighted by atomic mass is 10.1. The normalized spacial score (nSPS) is 19.9. The Morgan fingerprint density at radius 1 is 1.28 bits per heavy atom. The number of nitrogens with zero attached hydrogens (tertiary/aromatic N) is 2. The van der Waals surface area contributed by atoms with Crippen molar-refractivity contribution in [3.05, 3.63) is 36.7 Å². The second-order valence-electron chi connectivity index (χ2n) is 4.58. The highest BCUT2D eigenvalue weighted by molar-refractivity contribution is 5.63. The van der Waals surface area contributed by atoms with Crippen LogP contribution in [0.2, 0.25) is 0 Å². The predicted molar refractivity (Wildman–Crippen MR) is 68.2 cm³/mol. The maximum atomic E-state index is 9.48. The molecule has 1 atom stereocenters. The van der Waals surface area contributed by atoms with Crippen molar-refractivity contribution in [3.63, 3.8) is 0 Å². The standard InChI is InChI=1S/C14H16N2O2/c17-13-5-3-4-11(8-13)12-9-15-16(10-12)14-6-1-2-7-18-14/h3-5,8-10,14,17H,1-2,6-7H2. The molecule has 18 heavy (non-hydrogen) atoms. The number of ether oxygens (including phenoxy) is 1. The maximum Gasteiger partial charge on any atom is 0.150 e. The summed E-state index contributed by atoms with van der Waals surface area (Å²) in [6, 6.07) is 7.20. The van der Waals surface area contributed by atoms with E-state index < -0.39 is 0 Å². The Hall–Kier alpha value is -1.81. The monoisotopic (exact) mass is 244 g/mol. The zero-order valence-corrected chi connectivity index (χ0v) is 10.1. The van der Waals surface area contributed by atoms with Crippen LogP contribution < -0.4 is 0 Å². The minimum Gasteiger partial charge on any atom is -0.508 e. The van der Waals surface area contributed by atoms with Gasteiger partial charge in [0, 0.05) is 18.4 Å². The van der Waals surface area contributed by atoms with Crippen LogP contribution >= 0.6 is 0 Å². The van der Waals surface area contributed by atoms with E-state index >= 15 is 0 Å². The quantitative estimate of drug-likeness (QED) is 0.883. The van der Waals surface area contributed by atoms with Crippen LogP contribution in [0.25, 0.3) is 11.1 Å². The summed E-state index contributed by atoms with van der Waals surface area (Å²) in [5.74, 6) is 0.272. The number of hydrogen-bond donors (Lipinski definition) is 1. The predicted octanol–water partition coefficient (Wildman–Crippen LogP) is 2.95. The second kappa shape index (κ2) is 4.82. The molecule has 4 heteroatoms. The number of rotatable bonds is 2. The first-order valence-corrected chi connectivity index (χ1v) is 6.28. The molecule has 1 fully saturated rings. The van der Waals surface area contributed by atoms with Gasteiger partial charge in [-0.15, -0.1) is 0 Å². The van der Waals surface area contributed by atoms with Crippen LogP contribution in [0.5, 0.6) is 5.75 Å². The Morgan fingerprint density at radius 2 is 2.22 bits per heavy atom. The first-order chi connectivity index (χ1) is 8.83. The number of benzene rings is 1. The van der Waals surface area contributed by atoms with E-state index in [9.17, 15) is 5.11 Å². The molecule has 0 bridgehead atoms. The van der Waals surface area contributed by atoms with Crippen LogP contribution in [0, 0.1) is 0 Å². The first-order valence-electron chi connectivity index (χ1n) is 6.28. The van der Waals surface area contributed by atoms with Crippen LogP contribution in [0.4, 0.5) is 0 Å². The van der Waals surface area contributed by atoms with Gasteiger partial charge in [0.1, 0.15) is 12.0 Å². The van der Waals surface area contributed by atoms with Crippen LogP contribution in [-0.4, -0.2) is 21.5 Å². The Bertz CT molecular complexity index is 530. The lowest BCUT2D eigenvalue weighted by Crippen LogP contribution is -2.18. The molecule has 94 valence electrons.